The molecule has 0 aliphatic carbocycles. The number of benzene rings is 1. The number of amidine groups is 1. The first-order valence-corrected chi connectivity index (χ1v) is 6.80. The van der Waals surface area contributed by atoms with Gasteiger partial charge in [-0.05, 0) is 47.2 Å². The molecule has 1 unspecified atom stereocenters. The van der Waals surface area contributed by atoms with E-state index in [1.165, 1.54) is 18.2 Å². The molecule has 4 N–H and O–H groups in total. The van der Waals surface area contributed by atoms with E-state index >= 15 is 0 Å². The number of halogens is 2. The van der Waals surface area contributed by atoms with E-state index in [1.807, 2.05) is 29.5 Å². The molecule has 0 saturated carbocycles. The average molecular weight is 379 g/mol. The van der Waals surface area contributed by atoms with Crippen LogP contribution in [0.2, 0.25) is 0 Å². The van der Waals surface area contributed by atoms with Crippen LogP contribution in [0.25, 0.3) is 0 Å². The van der Waals surface area contributed by atoms with Crippen LogP contribution in [-0.4, -0.2) is 17.0 Å². The lowest BCUT2D eigenvalue weighted by atomic mass is 10.0. The number of hydrogen-bond acceptors (Lipinski definition) is 3. The van der Waals surface area contributed by atoms with Crippen molar-refractivity contribution in [3.63, 3.8) is 0 Å². The van der Waals surface area contributed by atoms with E-state index in [0.717, 1.165) is 6.42 Å². The minimum absolute atomic E-state index is 0.128. The molecule has 0 saturated heterocycles. The molecular formula is C12H15FIN3O2. The molecule has 0 aliphatic rings. The Labute approximate surface area is 124 Å². The van der Waals surface area contributed by atoms with Crippen LogP contribution in [0.15, 0.2) is 23.4 Å². The van der Waals surface area contributed by atoms with E-state index in [9.17, 15) is 9.18 Å². The number of carbonyl (C=O) groups excluding carboxylic acids is 1. The number of rotatable bonds is 5. The molecule has 1 atom stereocenters. The average Bonchev–Trinajstić information content (AvgIpc) is 2.38. The maximum absolute atomic E-state index is 13.0. The second kappa shape index (κ2) is 7.27. The van der Waals surface area contributed by atoms with Gasteiger partial charge in [0, 0.05) is 3.57 Å². The van der Waals surface area contributed by atoms with Crippen molar-refractivity contribution in [2.75, 3.05) is 5.32 Å². The van der Waals surface area contributed by atoms with E-state index in [-0.39, 0.29) is 17.6 Å². The van der Waals surface area contributed by atoms with Crippen LogP contribution >= 0.6 is 22.6 Å². The molecule has 1 aromatic carbocycles. The van der Waals surface area contributed by atoms with Gasteiger partial charge in [-0.1, -0.05) is 18.5 Å². The smallest absolute Gasteiger partial charge is 0.235 e. The van der Waals surface area contributed by atoms with Crippen molar-refractivity contribution in [1.82, 2.24) is 0 Å². The normalized spacial score (nSPS) is 13.1. The van der Waals surface area contributed by atoms with Crippen molar-refractivity contribution < 1.29 is 14.4 Å². The number of hydrogen-bond donors (Lipinski definition) is 3. The summed E-state index contributed by atoms with van der Waals surface area (Å²) in [6.07, 6.45) is 1.19. The molecule has 19 heavy (non-hydrogen) atoms. The monoisotopic (exact) mass is 379 g/mol. The fourth-order valence-electron chi connectivity index (χ4n) is 1.58. The van der Waals surface area contributed by atoms with Gasteiger partial charge >= 0.3 is 0 Å². The third-order valence-corrected chi connectivity index (χ3v) is 3.45. The molecule has 1 aromatic rings. The molecule has 0 aromatic heterocycles. The van der Waals surface area contributed by atoms with Gasteiger partial charge in [0.25, 0.3) is 0 Å². The van der Waals surface area contributed by atoms with Crippen LogP contribution in [0.3, 0.4) is 0 Å². The lowest BCUT2D eigenvalue weighted by Gasteiger charge is -2.15. The maximum Gasteiger partial charge on any atom is 0.235 e. The number of oxime groups is 1. The highest BCUT2D eigenvalue weighted by Crippen LogP contribution is 2.20. The summed E-state index contributed by atoms with van der Waals surface area (Å²) < 4.78 is 13.5. The van der Waals surface area contributed by atoms with E-state index in [1.54, 1.807) is 0 Å². The third-order valence-electron chi connectivity index (χ3n) is 2.56. The summed E-state index contributed by atoms with van der Waals surface area (Å²) in [4.78, 5) is 12.1. The lowest BCUT2D eigenvalue weighted by molar-refractivity contribution is -0.118. The molecule has 0 spiro atoms. The quantitative estimate of drug-likeness (QED) is 0.242. The zero-order valence-corrected chi connectivity index (χ0v) is 12.5. The fraction of sp³-hybridized carbons (Fsp3) is 0.333. The van der Waals surface area contributed by atoms with E-state index in [0.29, 0.717) is 15.7 Å². The highest BCUT2D eigenvalue weighted by atomic mass is 127. The molecule has 104 valence electrons. The number of nitrogens with zero attached hydrogens (tertiary/aromatic N) is 1. The molecule has 0 aliphatic heterocycles. The van der Waals surface area contributed by atoms with Gasteiger partial charge < -0.3 is 16.3 Å². The Hall–Kier alpha value is -1.38. The van der Waals surface area contributed by atoms with Crippen LogP contribution in [0.1, 0.15) is 19.8 Å². The van der Waals surface area contributed by atoms with E-state index in [2.05, 4.69) is 10.5 Å². The molecule has 0 fully saturated rings. The van der Waals surface area contributed by atoms with Crippen LogP contribution in [-0.2, 0) is 4.79 Å². The van der Waals surface area contributed by atoms with Crippen LogP contribution in [0.5, 0.6) is 0 Å². The van der Waals surface area contributed by atoms with Gasteiger partial charge in [0.1, 0.15) is 5.82 Å². The van der Waals surface area contributed by atoms with E-state index < -0.39 is 5.92 Å². The topological polar surface area (TPSA) is 87.7 Å². The largest absolute Gasteiger partial charge is 0.409 e. The third kappa shape index (κ3) is 4.34. The molecule has 0 heterocycles. The molecule has 0 bridgehead atoms. The number of amides is 1. The second-order valence-corrected chi connectivity index (χ2v) is 5.14. The summed E-state index contributed by atoms with van der Waals surface area (Å²) in [6, 6.07) is 4.05. The SMILES string of the molecule is CCCC(C(=O)Nc1ccc(F)cc1I)C(N)=NO. The molecule has 0 radical (unpaired) electrons. The Kier molecular flexibility index (Phi) is 6.00. The summed E-state index contributed by atoms with van der Waals surface area (Å²) in [5.74, 6) is -1.57. The Morgan fingerprint density at radius 1 is 1.63 bits per heavy atom. The first-order chi connectivity index (χ1) is 8.99. The maximum atomic E-state index is 13.0. The highest BCUT2D eigenvalue weighted by molar-refractivity contribution is 14.1. The zero-order chi connectivity index (χ0) is 14.4. The Bertz CT molecular complexity index is 494. The summed E-state index contributed by atoms with van der Waals surface area (Å²) in [7, 11) is 0. The number of carbonyl (C=O) groups is 1. The van der Waals surface area contributed by atoms with Crippen molar-refractivity contribution in [1.29, 1.82) is 0 Å². The summed E-state index contributed by atoms with van der Waals surface area (Å²) in [5, 5.41) is 14.2. The van der Waals surface area contributed by atoms with Crippen LogP contribution < -0.4 is 11.1 Å². The van der Waals surface area contributed by atoms with Crippen molar-refractivity contribution in [3.05, 3.63) is 27.6 Å². The van der Waals surface area contributed by atoms with Gasteiger partial charge in [0.2, 0.25) is 5.91 Å². The lowest BCUT2D eigenvalue weighted by Crippen LogP contribution is -2.34. The first kappa shape index (κ1) is 15.7. The van der Waals surface area contributed by atoms with E-state index in [4.69, 9.17) is 10.9 Å². The molecule has 1 rings (SSSR count). The molecule has 1 amide bonds. The molecule has 7 heteroatoms. The van der Waals surface area contributed by atoms with Crippen molar-refractivity contribution >= 4 is 40.0 Å². The summed E-state index contributed by atoms with van der Waals surface area (Å²) in [6.45, 7) is 1.90. The van der Waals surface area contributed by atoms with Gasteiger partial charge in [0.15, 0.2) is 5.84 Å². The first-order valence-electron chi connectivity index (χ1n) is 5.73. The van der Waals surface area contributed by atoms with Crippen molar-refractivity contribution in [3.8, 4) is 0 Å². The minimum Gasteiger partial charge on any atom is -0.409 e. The Morgan fingerprint density at radius 2 is 2.32 bits per heavy atom. The standard InChI is InChI=1S/C12H15FIN3O2/c1-2-3-8(11(15)17-19)12(18)16-10-5-4-7(13)6-9(10)14/h4-6,8,19H,2-3H2,1H3,(H2,15,17)(H,16,18). The van der Waals surface area contributed by atoms with Gasteiger partial charge in [-0.15, -0.1) is 0 Å². The van der Waals surface area contributed by atoms with Gasteiger partial charge in [-0.3, -0.25) is 4.79 Å². The van der Waals surface area contributed by atoms with Crippen LogP contribution in [0, 0.1) is 15.3 Å². The molecule has 5 nitrogen and oxygen atoms in total. The summed E-state index contributed by atoms with van der Waals surface area (Å²) >= 11 is 1.93. The fourth-order valence-corrected chi connectivity index (χ4v) is 2.19. The van der Waals surface area contributed by atoms with Gasteiger partial charge in [0.05, 0.1) is 11.6 Å². The van der Waals surface area contributed by atoms with Crippen molar-refractivity contribution in [2.45, 2.75) is 19.8 Å². The number of nitrogens with one attached hydrogen (secondary N) is 1. The summed E-state index contributed by atoms with van der Waals surface area (Å²) in [5.41, 5.74) is 6.00. The second-order valence-electron chi connectivity index (χ2n) is 3.98. The zero-order valence-electron chi connectivity index (χ0n) is 10.4. The molecular weight excluding hydrogens is 364 g/mol. The number of anilines is 1. The Morgan fingerprint density at radius 3 is 2.84 bits per heavy atom. The highest BCUT2D eigenvalue weighted by Gasteiger charge is 2.22. The number of nitrogens with two attached hydrogens (primary N) is 1. The van der Waals surface area contributed by atoms with Gasteiger partial charge in [-0.2, -0.15) is 0 Å². The van der Waals surface area contributed by atoms with Gasteiger partial charge in [-0.25, -0.2) is 4.39 Å². The Balaban J connectivity index is 2.87. The predicted molar refractivity (Wildman–Crippen MR) is 79.6 cm³/mol. The van der Waals surface area contributed by atoms with Crippen LogP contribution in [0.4, 0.5) is 10.1 Å². The minimum atomic E-state index is -0.698. The van der Waals surface area contributed by atoms with Crippen molar-refractivity contribution in [2.24, 2.45) is 16.8 Å². The predicted octanol–water partition coefficient (Wildman–Crippen LogP) is 2.53.